The molecule has 8 aliphatic rings. The molecule has 0 spiro atoms. The number of esters is 1. The molecule has 65 heavy (non-hydrogen) atoms. The third-order valence-electron chi connectivity index (χ3n) is 19.1. The Morgan fingerprint density at radius 3 is 2.14 bits per heavy atom. The fourth-order valence-corrected chi connectivity index (χ4v) is 14.7. The summed E-state index contributed by atoms with van der Waals surface area (Å²) in [4.78, 5) is 14.8. The Bertz CT molecular complexity index is 1780. The highest BCUT2D eigenvalue weighted by Crippen LogP contribution is 2.76. The van der Waals surface area contributed by atoms with Crippen LogP contribution in [0.2, 0.25) is 0 Å². The predicted molar refractivity (Wildman–Crippen MR) is 226 cm³/mol. The van der Waals surface area contributed by atoms with E-state index in [1.54, 1.807) is 0 Å². The van der Waals surface area contributed by atoms with Crippen LogP contribution in [0.4, 0.5) is 0 Å². The molecule has 22 unspecified atom stereocenters. The monoisotopic (exact) mass is 929 g/mol. The second kappa shape index (κ2) is 17.5. The van der Waals surface area contributed by atoms with Gasteiger partial charge in [0.1, 0.15) is 60.5 Å². The maximum Gasteiger partial charge on any atom is 0.315 e. The summed E-state index contributed by atoms with van der Waals surface area (Å²) in [6, 6.07) is 0. The Kier molecular flexibility index (Phi) is 13.4. The summed E-state index contributed by atoms with van der Waals surface area (Å²) in [6.45, 7) is 11.2. The van der Waals surface area contributed by atoms with Crippen LogP contribution in [0.15, 0.2) is 11.6 Å². The Morgan fingerprint density at radius 2 is 1.45 bits per heavy atom. The minimum Gasteiger partial charge on any atom is -0.432 e. The molecule has 0 amide bonds. The van der Waals surface area contributed by atoms with E-state index in [9.17, 15) is 61.0 Å². The van der Waals surface area contributed by atoms with E-state index in [1.807, 2.05) is 0 Å². The molecule has 0 aromatic heterocycles. The van der Waals surface area contributed by atoms with Crippen molar-refractivity contribution in [2.75, 3.05) is 33.0 Å². The van der Waals surface area contributed by atoms with E-state index in [2.05, 4.69) is 47.6 Å². The molecule has 22 atom stereocenters. The van der Waals surface area contributed by atoms with Crippen LogP contribution in [0.5, 0.6) is 0 Å². The van der Waals surface area contributed by atoms with Crippen molar-refractivity contribution in [2.45, 2.75) is 191 Å². The van der Waals surface area contributed by atoms with Gasteiger partial charge < -0.3 is 84.6 Å². The lowest BCUT2D eigenvalue weighted by Crippen LogP contribution is -2.67. The molecule has 18 nitrogen and oxygen atoms in total. The molecule has 5 aliphatic carbocycles. The Hall–Kier alpha value is -1.43. The summed E-state index contributed by atoms with van der Waals surface area (Å²) in [5, 5.41) is 116. The molecule has 3 heterocycles. The van der Waals surface area contributed by atoms with Gasteiger partial charge in [-0.05, 0) is 104 Å². The third kappa shape index (κ3) is 7.80. The van der Waals surface area contributed by atoms with Gasteiger partial charge in [-0.1, -0.05) is 53.2 Å². The van der Waals surface area contributed by atoms with Crippen LogP contribution in [0.25, 0.3) is 0 Å². The average molecular weight is 929 g/mol. The van der Waals surface area contributed by atoms with E-state index < -0.39 is 122 Å². The van der Waals surface area contributed by atoms with Crippen LogP contribution in [0, 0.1) is 50.2 Å². The van der Waals surface area contributed by atoms with Crippen molar-refractivity contribution in [1.29, 1.82) is 0 Å². The molecule has 11 N–H and O–H groups in total. The van der Waals surface area contributed by atoms with Gasteiger partial charge in [-0.15, -0.1) is 0 Å². The van der Waals surface area contributed by atoms with Crippen molar-refractivity contribution in [3.05, 3.63) is 11.6 Å². The first kappa shape index (κ1) is 50.0. The summed E-state index contributed by atoms with van der Waals surface area (Å²) < 4.78 is 34.8. The largest absolute Gasteiger partial charge is 0.432 e. The first-order valence-electron chi connectivity index (χ1n) is 23.8. The molecule has 0 aromatic rings. The summed E-state index contributed by atoms with van der Waals surface area (Å²) >= 11 is 0. The van der Waals surface area contributed by atoms with Gasteiger partial charge in [0.15, 0.2) is 12.6 Å². The van der Waals surface area contributed by atoms with E-state index in [0.29, 0.717) is 25.7 Å². The Morgan fingerprint density at radius 1 is 0.754 bits per heavy atom. The molecule has 7 fully saturated rings. The molecule has 0 radical (unpaired) electrons. The number of carbonyl (C=O) groups excluding carboxylic acids is 1. The zero-order valence-corrected chi connectivity index (χ0v) is 38.7. The van der Waals surface area contributed by atoms with Gasteiger partial charge in [0.25, 0.3) is 0 Å². The molecule has 0 bridgehead atoms. The fourth-order valence-electron chi connectivity index (χ4n) is 14.7. The van der Waals surface area contributed by atoms with Crippen molar-refractivity contribution in [2.24, 2.45) is 50.2 Å². The maximum atomic E-state index is 14.8. The molecule has 372 valence electrons. The number of allylic oxidation sites excluding steroid dienone is 2. The van der Waals surface area contributed by atoms with E-state index in [1.165, 1.54) is 5.57 Å². The highest BCUT2D eigenvalue weighted by atomic mass is 16.7. The summed E-state index contributed by atoms with van der Waals surface area (Å²) in [7, 11) is 0. The standard InChI is InChI=1S/C47H76O18/c1-41(2)13-15-46(40(58)65-39-35(56)36(57)47(59,22-62-39)21-61-38-34(55)32(53)31(52)26(18-48)63-38)16-14-44(5)23(24(46)17-41)7-8-28-42(3)11-10-29(64-37-33(54)30(51)25(50)19-60-37)43(4,20-49)27(42)9-12-45(28,44)6/h7,24-39,48-57,59H,8-22H2,1-6H3. The summed E-state index contributed by atoms with van der Waals surface area (Å²) in [5.41, 5.74) is -3.40. The smallest absolute Gasteiger partial charge is 0.315 e. The lowest BCUT2D eigenvalue weighted by Gasteiger charge is -2.71. The van der Waals surface area contributed by atoms with Crippen molar-refractivity contribution >= 4 is 5.97 Å². The van der Waals surface area contributed by atoms with E-state index in [-0.39, 0.29) is 52.6 Å². The van der Waals surface area contributed by atoms with E-state index >= 15 is 0 Å². The highest BCUT2D eigenvalue weighted by molar-refractivity contribution is 5.79. The molecule has 18 heteroatoms. The Balaban J connectivity index is 0.995. The molecular weight excluding hydrogens is 852 g/mol. The summed E-state index contributed by atoms with van der Waals surface area (Å²) in [6.07, 6.45) is -9.55. The number of hydrogen-bond donors (Lipinski definition) is 11. The van der Waals surface area contributed by atoms with Gasteiger partial charge in [-0.3, -0.25) is 4.79 Å². The van der Waals surface area contributed by atoms with Crippen molar-refractivity contribution in [1.82, 2.24) is 0 Å². The molecule has 3 saturated heterocycles. The first-order valence-corrected chi connectivity index (χ1v) is 23.8. The molecule has 3 aliphatic heterocycles. The molecule has 4 saturated carbocycles. The number of hydrogen-bond acceptors (Lipinski definition) is 18. The second-order valence-corrected chi connectivity index (χ2v) is 23.1. The SMILES string of the molecule is CC1(C)CCC2(C(=O)OC3OCC(O)(COC4OC(CO)C(O)C(O)C4O)C(O)C3O)CCC3(C)C(=CCC4C5(C)CCC(OC6OCC(O)C(O)C6O)C(C)(CO)C5CCC43C)C2C1. The van der Waals surface area contributed by atoms with Crippen molar-refractivity contribution in [3.63, 3.8) is 0 Å². The van der Waals surface area contributed by atoms with Gasteiger partial charge in [-0.2, -0.15) is 0 Å². The third-order valence-corrected chi connectivity index (χ3v) is 19.1. The van der Waals surface area contributed by atoms with Crippen LogP contribution in [-0.2, 0) is 33.2 Å². The van der Waals surface area contributed by atoms with Crippen LogP contribution >= 0.6 is 0 Å². The number of fused-ring (bicyclic) bond motifs is 7. The van der Waals surface area contributed by atoms with Crippen LogP contribution < -0.4 is 0 Å². The summed E-state index contributed by atoms with van der Waals surface area (Å²) in [5.74, 6) is -0.422. The number of carbonyl (C=O) groups is 1. The normalized spacial score (nSPS) is 54.3. The number of ether oxygens (including phenoxy) is 6. The van der Waals surface area contributed by atoms with Crippen molar-refractivity contribution < 1.29 is 89.4 Å². The zero-order chi connectivity index (χ0) is 47.4. The second-order valence-electron chi connectivity index (χ2n) is 23.1. The predicted octanol–water partition coefficient (Wildman–Crippen LogP) is -0.246. The van der Waals surface area contributed by atoms with Gasteiger partial charge in [0, 0.05) is 5.41 Å². The fraction of sp³-hybridized carbons (Fsp3) is 0.936. The maximum absolute atomic E-state index is 14.8. The lowest BCUT2D eigenvalue weighted by atomic mass is 9.33. The van der Waals surface area contributed by atoms with Crippen molar-refractivity contribution in [3.8, 4) is 0 Å². The number of rotatable bonds is 9. The average Bonchev–Trinajstić information content (AvgIpc) is 3.26. The van der Waals surface area contributed by atoms with Crippen LogP contribution in [0.1, 0.15) is 106 Å². The molecular formula is C47H76O18. The molecule has 0 aromatic carbocycles. The Labute approximate surface area is 380 Å². The minimum absolute atomic E-state index is 0.0621. The quantitative estimate of drug-likeness (QED) is 0.0808. The van der Waals surface area contributed by atoms with Crippen LogP contribution in [-0.4, -0.2) is 181 Å². The number of aliphatic hydroxyl groups excluding tert-OH is 10. The number of aliphatic hydroxyl groups is 11. The van der Waals surface area contributed by atoms with Gasteiger partial charge >= 0.3 is 5.97 Å². The van der Waals surface area contributed by atoms with Crippen LogP contribution in [0.3, 0.4) is 0 Å². The topological polar surface area (TPSA) is 295 Å². The van der Waals surface area contributed by atoms with Gasteiger partial charge in [0.05, 0.1) is 44.6 Å². The van der Waals surface area contributed by atoms with E-state index in [0.717, 1.165) is 38.5 Å². The molecule has 8 rings (SSSR count). The first-order chi connectivity index (χ1) is 30.4. The zero-order valence-electron chi connectivity index (χ0n) is 38.7. The lowest BCUT2D eigenvalue weighted by molar-refractivity contribution is -0.334. The van der Waals surface area contributed by atoms with E-state index in [4.69, 9.17) is 28.4 Å². The van der Waals surface area contributed by atoms with Gasteiger partial charge in [0.2, 0.25) is 6.29 Å². The highest BCUT2D eigenvalue weighted by Gasteiger charge is 2.70. The van der Waals surface area contributed by atoms with Gasteiger partial charge in [-0.25, -0.2) is 0 Å². The minimum atomic E-state index is -2.26.